The van der Waals surface area contributed by atoms with Gasteiger partial charge >= 0.3 is 5.30 Å². The molecule has 0 radical (unpaired) electrons. The van der Waals surface area contributed by atoms with Gasteiger partial charge in [-0.05, 0) is 26.2 Å². The lowest BCUT2D eigenvalue weighted by Crippen LogP contribution is -2.21. The van der Waals surface area contributed by atoms with Crippen LogP contribution in [-0.2, 0) is 4.74 Å². The molecule has 27 heavy (non-hydrogen) atoms. The average Bonchev–Trinajstić information content (AvgIpc) is 2.65. The highest BCUT2D eigenvalue weighted by atomic mass is 32.2. The van der Waals surface area contributed by atoms with Crippen LogP contribution in [0.1, 0.15) is 124 Å². The Bertz CT molecular complexity index is 326. The minimum atomic E-state index is -0.130. The van der Waals surface area contributed by atoms with Gasteiger partial charge in [-0.3, -0.25) is 0 Å². The van der Waals surface area contributed by atoms with E-state index in [1.807, 2.05) is 6.92 Å². The summed E-state index contributed by atoms with van der Waals surface area (Å²) in [5.41, 5.74) is 0. The van der Waals surface area contributed by atoms with E-state index >= 15 is 0 Å². The zero-order chi connectivity index (χ0) is 20.2. The Labute approximate surface area is 174 Å². The topological polar surface area (TPSA) is 29.5 Å². The van der Waals surface area contributed by atoms with Crippen molar-refractivity contribution in [2.45, 2.75) is 130 Å². The van der Waals surface area contributed by atoms with Crippen molar-refractivity contribution in [3.8, 4) is 0 Å². The lowest BCUT2D eigenvalue weighted by molar-refractivity contribution is 0.125. The molecule has 0 amide bonds. The van der Waals surface area contributed by atoms with Crippen LogP contribution in [0.4, 0.5) is 4.79 Å². The van der Waals surface area contributed by atoms with E-state index in [0.717, 1.165) is 19.5 Å². The maximum Gasteiger partial charge on any atom is 0.382 e. The monoisotopic (exact) mass is 401 g/mol. The van der Waals surface area contributed by atoms with Crippen LogP contribution in [0.15, 0.2) is 0 Å². The number of unbranched alkanes of at least 4 members (excludes halogenated alkanes) is 12. The second-order valence-corrected chi connectivity index (χ2v) is 8.86. The lowest BCUT2D eigenvalue weighted by Gasteiger charge is -2.19. The molecule has 0 saturated heterocycles. The largest absolute Gasteiger partial charge is 0.454 e. The average molecular weight is 402 g/mol. The molecule has 162 valence electrons. The van der Waals surface area contributed by atoms with Crippen molar-refractivity contribution in [3.05, 3.63) is 0 Å². The van der Waals surface area contributed by atoms with Crippen LogP contribution >= 0.6 is 11.9 Å². The first-order valence-electron chi connectivity index (χ1n) is 11.8. The summed E-state index contributed by atoms with van der Waals surface area (Å²) in [4.78, 5) is 12.1. The summed E-state index contributed by atoms with van der Waals surface area (Å²) >= 11 is 1.27. The summed E-state index contributed by atoms with van der Waals surface area (Å²) in [5, 5.41) is -0.130. The lowest BCUT2D eigenvalue weighted by atomic mass is 10.1. The van der Waals surface area contributed by atoms with Crippen LogP contribution in [-0.4, -0.2) is 28.8 Å². The highest BCUT2D eigenvalue weighted by molar-refractivity contribution is 8.11. The zero-order valence-electron chi connectivity index (χ0n) is 18.8. The van der Waals surface area contributed by atoms with Crippen molar-refractivity contribution in [3.63, 3.8) is 0 Å². The number of rotatable bonds is 19. The van der Waals surface area contributed by atoms with Gasteiger partial charge in [0.15, 0.2) is 0 Å². The number of carbonyl (C=O) groups is 1. The number of ether oxygens (including phenoxy) is 1. The molecule has 0 fully saturated rings. The van der Waals surface area contributed by atoms with Crippen LogP contribution in [0.3, 0.4) is 0 Å². The van der Waals surface area contributed by atoms with Crippen molar-refractivity contribution in [1.82, 2.24) is 4.31 Å². The fourth-order valence-electron chi connectivity index (χ4n) is 3.25. The molecule has 3 nitrogen and oxygen atoms in total. The van der Waals surface area contributed by atoms with Gasteiger partial charge in [-0.2, -0.15) is 0 Å². The van der Waals surface area contributed by atoms with Gasteiger partial charge in [0.2, 0.25) is 0 Å². The third-order valence-corrected chi connectivity index (χ3v) is 6.02. The van der Waals surface area contributed by atoms with Gasteiger partial charge in [0, 0.05) is 25.0 Å². The van der Waals surface area contributed by atoms with E-state index in [2.05, 4.69) is 25.1 Å². The van der Waals surface area contributed by atoms with Crippen molar-refractivity contribution >= 4 is 17.2 Å². The molecule has 0 saturated carbocycles. The van der Waals surface area contributed by atoms with E-state index in [1.165, 1.54) is 102 Å². The maximum absolute atomic E-state index is 12.1. The van der Waals surface area contributed by atoms with Crippen LogP contribution < -0.4 is 0 Å². The third-order valence-electron chi connectivity index (χ3n) is 5.08. The molecule has 0 aliphatic heterocycles. The maximum atomic E-state index is 12.1. The van der Waals surface area contributed by atoms with Crippen LogP contribution in [0.5, 0.6) is 0 Å². The predicted octanol–water partition coefficient (Wildman–Crippen LogP) is 8.37. The molecule has 0 aromatic rings. The molecule has 0 aromatic carbocycles. The molecule has 0 N–H and O–H groups in total. The van der Waals surface area contributed by atoms with Gasteiger partial charge in [-0.1, -0.05) is 97.8 Å². The molecule has 1 unspecified atom stereocenters. The SMILES string of the molecule is CCCCCCCCCCC(C)OC(=O)SN(CC)CCCCCCCC. The molecule has 0 aliphatic carbocycles. The second kappa shape index (κ2) is 20.5. The molecule has 0 aromatic heterocycles. The second-order valence-electron chi connectivity index (χ2n) is 7.82. The van der Waals surface area contributed by atoms with Crippen molar-refractivity contribution in [2.75, 3.05) is 13.1 Å². The smallest absolute Gasteiger partial charge is 0.382 e. The Morgan fingerprint density at radius 2 is 1.26 bits per heavy atom. The summed E-state index contributed by atoms with van der Waals surface area (Å²) in [6.07, 6.45) is 19.3. The molecular formula is C23H47NO2S. The first-order chi connectivity index (χ1) is 13.1. The number of carbonyl (C=O) groups excluding carboxylic acids is 1. The van der Waals surface area contributed by atoms with Crippen LogP contribution in [0, 0.1) is 0 Å². The summed E-state index contributed by atoms with van der Waals surface area (Å²) in [6, 6.07) is 0. The highest BCUT2D eigenvalue weighted by Crippen LogP contribution is 2.18. The number of hydrogen-bond donors (Lipinski definition) is 0. The first kappa shape index (κ1) is 26.8. The van der Waals surface area contributed by atoms with E-state index in [0.29, 0.717) is 0 Å². The summed E-state index contributed by atoms with van der Waals surface area (Å²) in [5.74, 6) is 0. The molecular weight excluding hydrogens is 354 g/mol. The zero-order valence-corrected chi connectivity index (χ0v) is 19.6. The Hall–Kier alpha value is -0.220. The molecule has 0 bridgehead atoms. The Morgan fingerprint density at radius 3 is 1.78 bits per heavy atom. The standard InChI is InChI=1S/C23H47NO2S/c1-5-8-10-12-14-15-16-18-20-22(4)26-23(25)27-24(7-3)21-19-17-13-11-9-6-2/h22H,5-21H2,1-4H3. The number of hydrogen-bond acceptors (Lipinski definition) is 4. The van der Waals surface area contributed by atoms with E-state index in [4.69, 9.17) is 4.74 Å². The van der Waals surface area contributed by atoms with E-state index < -0.39 is 0 Å². The summed E-state index contributed by atoms with van der Waals surface area (Å²) < 4.78 is 7.73. The van der Waals surface area contributed by atoms with Crippen LogP contribution in [0.25, 0.3) is 0 Å². The normalized spacial score (nSPS) is 12.5. The molecule has 0 aliphatic rings. The fourth-order valence-corrected chi connectivity index (χ4v) is 4.02. The Balaban J connectivity index is 3.66. The molecule has 1 atom stereocenters. The van der Waals surface area contributed by atoms with E-state index in [-0.39, 0.29) is 11.4 Å². The fraction of sp³-hybridized carbons (Fsp3) is 0.957. The van der Waals surface area contributed by atoms with Gasteiger partial charge in [-0.15, -0.1) is 0 Å². The highest BCUT2D eigenvalue weighted by Gasteiger charge is 2.14. The van der Waals surface area contributed by atoms with Crippen LogP contribution in [0.2, 0.25) is 0 Å². The first-order valence-corrected chi connectivity index (χ1v) is 12.5. The molecule has 0 spiro atoms. The van der Waals surface area contributed by atoms with E-state index in [9.17, 15) is 4.79 Å². The minimum Gasteiger partial charge on any atom is -0.454 e. The van der Waals surface area contributed by atoms with Crippen molar-refractivity contribution in [2.24, 2.45) is 0 Å². The quantitative estimate of drug-likeness (QED) is 0.123. The van der Waals surface area contributed by atoms with Crippen molar-refractivity contribution in [1.29, 1.82) is 0 Å². The number of nitrogens with zero attached hydrogens (tertiary/aromatic N) is 1. The minimum absolute atomic E-state index is 0.0397. The Morgan fingerprint density at radius 1 is 0.778 bits per heavy atom. The Kier molecular flexibility index (Phi) is 20.3. The van der Waals surface area contributed by atoms with Gasteiger partial charge < -0.3 is 4.74 Å². The third kappa shape index (κ3) is 18.9. The summed E-state index contributed by atoms with van der Waals surface area (Å²) in [6.45, 7) is 10.5. The molecule has 0 heterocycles. The van der Waals surface area contributed by atoms with E-state index in [1.54, 1.807) is 0 Å². The van der Waals surface area contributed by atoms with Crippen molar-refractivity contribution < 1.29 is 9.53 Å². The van der Waals surface area contributed by atoms with Gasteiger partial charge in [-0.25, -0.2) is 9.10 Å². The predicted molar refractivity (Wildman–Crippen MR) is 121 cm³/mol. The van der Waals surface area contributed by atoms with Gasteiger partial charge in [0.25, 0.3) is 0 Å². The van der Waals surface area contributed by atoms with Gasteiger partial charge in [0.05, 0.1) is 6.10 Å². The van der Waals surface area contributed by atoms with Gasteiger partial charge in [0.1, 0.15) is 0 Å². The summed E-state index contributed by atoms with van der Waals surface area (Å²) in [7, 11) is 0. The molecule has 0 rings (SSSR count). The molecule has 4 heteroatoms.